The first-order chi connectivity index (χ1) is 11.5. The third-order valence-electron chi connectivity index (χ3n) is 4.80. The van der Waals surface area contributed by atoms with E-state index >= 15 is 4.39 Å². The molecule has 1 N–H and O–H groups in total. The predicted molar refractivity (Wildman–Crippen MR) is 93.1 cm³/mol. The molecule has 24 heavy (non-hydrogen) atoms. The van der Waals surface area contributed by atoms with E-state index < -0.39 is 17.2 Å². The lowest BCUT2D eigenvalue weighted by Gasteiger charge is -2.34. The third-order valence-corrected chi connectivity index (χ3v) is 5.70. The third kappa shape index (κ3) is 2.71. The maximum atomic E-state index is 15.3. The number of fused-ring (bicyclic) bond motifs is 1. The van der Waals surface area contributed by atoms with Crippen molar-refractivity contribution in [1.82, 2.24) is 0 Å². The number of carboxylic acids is 1. The molecule has 0 amide bonds. The number of hydrogen-bond donors (Lipinski definition) is 1. The fourth-order valence-electron chi connectivity index (χ4n) is 3.55. The summed E-state index contributed by atoms with van der Waals surface area (Å²) in [6.07, 6.45) is 0.682. The molecule has 1 aliphatic rings. The number of benzene rings is 2. The largest absolute Gasteiger partial charge is 0.481 e. The molecule has 0 heterocycles. The zero-order chi connectivity index (χ0) is 17.3. The smallest absolute Gasteiger partial charge is 0.314 e. The van der Waals surface area contributed by atoms with Crippen LogP contribution >= 0.6 is 11.8 Å². The van der Waals surface area contributed by atoms with Gasteiger partial charge < -0.3 is 5.11 Å². The molecule has 0 aromatic heterocycles. The summed E-state index contributed by atoms with van der Waals surface area (Å²) in [5.74, 6) is -0.738. The Morgan fingerprint density at radius 2 is 1.96 bits per heavy atom. The Hall–Kier alpha value is -1.88. The molecule has 1 fully saturated rings. The van der Waals surface area contributed by atoms with E-state index in [9.17, 15) is 14.7 Å². The number of ketones is 1. The van der Waals surface area contributed by atoms with Gasteiger partial charge in [0, 0.05) is 23.3 Å². The van der Waals surface area contributed by atoms with Gasteiger partial charge in [-0.1, -0.05) is 31.2 Å². The summed E-state index contributed by atoms with van der Waals surface area (Å²) in [6, 6.07) is 9.09. The number of carbonyl (C=O) groups excluding carboxylic acids is 1. The Kier molecular flexibility index (Phi) is 4.63. The summed E-state index contributed by atoms with van der Waals surface area (Å²) < 4.78 is 15.3. The van der Waals surface area contributed by atoms with Crippen molar-refractivity contribution in [2.24, 2.45) is 0 Å². The van der Waals surface area contributed by atoms with Crippen LogP contribution in [0.3, 0.4) is 0 Å². The Balaban J connectivity index is 2.31. The van der Waals surface area contributed by atoms with Crippen molar-refractivity contribution in [2.75, 3.05) is 5.75 Å². The van der Waals surface area contributed by atoms with Crippen molar-refractivity contribution >= 4 is 34.3 Å². The highest BCUT2D eigenvalue weighted by atomic mass is 32.2. The van der Waals surface area contributed by atoms with Gasteiger partial charge in [0.05, 0.1) is 5.41 Å². The van der Waals surface area contributed by atoms with Crippen molar-refractivity contribution in [3.8, 4) is 0 Å². The average molecular weight is 346 g/mol. The molecule has 0 bridgehead atoms. The lowest BCUT2D eigenvalue weighted by molar-refractivity contribution is -0.146. The van der Waals surface area contributed by atoms with Crippen LogP contribution in [0.4, 0.5) is 4.39 Å². The van der Waals surface area contributed by atoms with Gasteiger partial charge in [-0.05, 0) is 35.4 Å². The maximum Gasteiger partial charge on any atom is 0.314 e. The van der Waals surface area contributed by atoms with Crippen LogP contribution in [0.5, 0.6) is 0 Å². The van der Waals surface area contributed by atoms with Crippen LogP contribution < -0.4 is 0 Å². The summed E-state index contributed by atoms with van der Waals surface area (Å²) in [6.45, 7) is 1.94. The highest BCUT2D eigenvalue weighted by molar-refractivity contribution is 7.99. The molecule has 0 spiro atoms. The average Bonchev–Trinajstić information content (AvgIpc) is 2.57. The summed E-state index contributed by atoms with van der Waals surface area (Å²) in [4.78, 5) is 24.3. The van der Waals surface area contributed by atoms with Crippen LogP contribution in [0.2, 0.25) is 0 Å². The van der Waals surface area contributed by atoms with E-state index in [2.05, 4.69) is 0 Å². The van der Waals surface area contributed by atoms with Crippen LogP contribution in [-0.4, -0.2) is 22.6 Å². The molecule has 0 atom stereocenters. The molecule has 126 valence electrons. The Morgan fingerprint density at radius 1 is 1.29 bits per heavy atom. The topological polar surface area (TPSA) is 54.4 Å². The van der Waals surface area contributed by atoms with Crippen molar-refractivity contribution in [3.63, 3.8) is 0 Å². The second kappa shape index (κ2) is 6.55. The van der Waals surface area contributed by atoms with Gasteiger partial charge in [-0.2, -0.15) is 0 Å². The SMILES string of the molecule is CCSc1cc2ccccc2c(C2(C(=O)O)CCC(=O)CC2)c1F. The highest BCUT2D eigenvalue weighted by Crippen LogP contribution is 2.45. The fourth-order valence-corrected chi connectivity index (χ4v) is 4.30. The molecular formula is C19H19FO3S. The summed E-state index contributed by atoms with van der Waals surface area (Å²) >= 11 is 1.37. The predicted octanol–water partition coefficient (Wildman–Crippen LogP) is 4.56. The van der Waals surface area contributed by atoms with Gasteiger partial charge >= 0.3 is 5.97 Å². The van der Waals surface area contributed by atoms with Gasteiger partial charge in [0.25, 0.3) is 0 Å². The highest BCUT2D eigenvalue weighted by Gasteiger charge is 2.46. The molecule has 0 saturated heterocycles. The number of hydrogen-bond acceptors (Lipinski definition) is 3. The van der Waals surface area contributed by atoms with Gasteiger partial charge in [-0.15, -0.1) is 11.8 Å². The van der Waals surface area contributed by atoms with Gasteiger partial charge in [-0.25, -0.2) is 4.39 Å². The summed E-state index contributed by atoms with van der Waals surface area (Å²) in [7, 11) is 0. The van der Waals surface area contributed by atoms with Crippen molar-refractivity contribution in [1.29, 1.82) is 0 Å². The number of thioether (sulfide) groups is 1. The number of halogens is 1. The first kappa shape index (κ1) is 17.0. The molecule has 0 aliphatic heterocycles. The molecule has 3 nitrogen and oxygen atoms in total. The number of carbonyl (C=O) groups is 2. The molecule has 2 aromatic carbocycles. The van der Waals surface area contributed by atoms with E-state index in [1.54, 1.807) is 18.2 Å². The van der Waals surface area contributed by atoms with Crippen LogP contribution in [0.1, 0.15) is 38.2 Å². The van der Waals surface area contributed by atoms with Crippen LogP contribution in [0.25, 0.3) is 10.8 Å². The van der Waals surface area contributed by atoms with Gasteiger partial charge in [-0.3, -0.25) is 9.59 Å². The lowest BCUT2D eigenvalue weighted by Crippen LogP contribution is -2.41. The lowest BCUT2D eigenvalue weighted by atomic mass is 9.67. The molecule has 2 aromatic rings. The van der Waals surface area contributed by atoms with E-state index in [4.69, 9.17) is 0 Å². The number of Topliss-reactive ketones (excluding diaryl/α,β-unsaturated/α-hetero) is 1. The molecule has 0 unspecified atom stereocenters. The molecular weight excluding hydrogens is 327 g/mol. The van der Waals surface area contributed by atoms with Crippen molar-refractivity contribution in [3.05, 3.63) is 41.7 Å². The molecule has 1 aliphatic carbocycles. The first-order valence-electron chi connectivity index (χ1n) is 8.09. The minimum absolute atomic E-state index is 0.0516. The Morgan fingerprint density at radius 3 is 2.58 bits per heavy atom. The number of aliphatic carboxylic acids is 1. The Bertz CT molecular complexity index is 806. The van der Waals surface area contributed by atoms with E-state index in [1.807, 2.05) is 19.1 Å². The summed E-state index contributed by atoms with van der Waals surface area (Å²) in [5.41, 5.74) is -1.08. The minimum Gasteiger partial charge on any atom is -0.481 e. The Labute approximate surface area is 144 Å². The quantitative estimate of drug-likeness (QED) is 0.825. The molecule has 3 rings (SSSR count). The molecule has 5 heteroatoms. The monoisotopic (exact) mass is 346 g/mol. The van der Waals surface area contributed by atoms with E-state index in [1.165, 1.54) is 11.8 Å². The zero-order valence-electron chi connectivity index (χ0n) is 13.5. The second-order valence-corrected chi connectivity index (χ2v) is 7.45. The van der Waals surface area contributed by atoms with Crippen LogP contribution in [0.15, 0.2) is 35.2 Å². The van der Waals surface area contributed by atoms with Gasteiger partial charge in [0.1, 0.15) is 11.6 Å². The minimum atomic E-state index is -1.33. The van der Waals surface area contributed by atoms with E-state index in [-0.39, 0.29) is 37.0 Å². The van der Waals surface area contributed by atoms with Crippen LogP contribution in [-0.2, 0) is 15.0 Å². The normalized spacial score (nSPS) is 17.2. The second-order valence-electron chi connectivity index (χ2n) is 6.14. The molecule has 0 radical (unpaired) electrons. The van der Waals surface area contributed by atoms with Crippen molar-refractivity contribution in [2.45, 2.75) is 42.9 Å². The number of carboxylic acid groups (broad SMARTS) is 1. The summed E-state index contributed by atoms with van der Waals surface area (Å²) in [5, 5.41) is 11.4. The van der Waals surface area contributed by atoms with E-state index in [0.717, 1.165) is 5.39 Å². The molecule has 1 saturated carbocycles. The number of rotatable bonds is 4. The van der Waals surface area contributed by atoms with E-state index in [0.29, 0.717) is 16.0 Å². The van der Waals surface area contributed by atoms with Gasteiger partial charge in [0.2, 0.25) is 0 Å². The van der Waals surface area contributed by atoms with Crippen molar-refractivity contribution < 1.29 is 19.1 Å². The fraction of sp³-hybridized carbons (Fsp3) is 0.368. The standard InChI is InChI=1S/C19H19FO3S/c1-2-24-15-11-12-5-3-4-6-14(12)16(17(15)20)19(18(22)23)9-7-13(21)8-10-19/h3-6,11H,2,7-10H2,1H3,(H,22,23). The van der Waals surface area contributed by atoms with Gasteiger partial charge in [0.15, 0.2) is 0 Å². The maximum absolute atomic E-state index is 15.3. The van der Waals surface area contributed by atoms with Crippen LogP contribution in [0, 0.1) is 5.82 Å². The zero-order valence-corrected chi connectivity index (χ0v) is 14.3. The first-order valence-corrected chi connectivity index (χ1v) is 9.08.